The molecule has 3 aliphatic rings. The molecule has 13 nitrogen and oxygen atoms in total. The fourth-order valence-corrected chi connectivity index (χ4v) is 8.13. The average Bonchev–Trinajstić information content (AvgIpc) is 4.03. The van der Waals surface area contributed by atoms with Crippen LogP contribution < -0.4 is 5.32 Å². The van der Waals surface area contributed by atoms with Crippen LogP contribution in [-0.2, 0) is 14.3 Å². The molecule has 0 aliphatic carbocycles. The smallest absolute Gasteiger partial charge is 0.407 e. The van der Waals surface area contributed by atoms with Crippen molar-refractivity contribution < 1.29 is 29.0 Å². The highest BCUT2D eigenvalue weighted by molar-refractivity contribution is 5.91. The molecule has 8 rings (SSSR count). The Morgan fingerprint density at radius 1 is 0.774 bits per heavy atom. The molecular weight excluding hydrogens is 674 g/mol. The van der Waals surface area contributed by atoms with Gasteiger partial charge in [0, 0.05) is 31.9 Å². The zero-order valence-corrected chi connectivity index (χ0v) is 29.6. The summed E-state index contributed by atoms with van der Waals surface area (Å²) >= 11 is 0. The van der Waals surface area contributed by atoms with E-state index in [4.69, 9.17) is 14.5 Å². The summed E-state index contributed by atoms with van der Waals surface area (Å²) in [4.78, 5) is 57.2. The molecular formula is C40H43N7O6. The first-order valence-corrected chi connectivity index (χ1v) is 18.3. The molecule has 4 N–H and O–H groups in total. The van der Waals surface area contributed by atoms with E-state index in [1.165, 1.54) is 12.0 Å². The Bertz CT molecular complexity index is 2120. The molecule has 0 spiro atoms. The molecule has 3 amide bonds. The second kappa shape index (κ2) is 14.7. The highest BCUT2D eigenvalue weighted by Gasteiger charge is 2.40. The summed E-state index contributed by atoms with van der Waals surface area (Å²) in [7, 11) is 1.31. The number of likely N-dealkylation sites (tertiary alicyclic amines) is 2. The number of benzene rings is 3. The number of alkyl carbamates (subject to hydrolysis) is 1. The van der Waals surface area contributed by atoms with Gasteiger partial charge >= 0.3 is 12.2 Å². The molecule has 3 saturated heterocycles. The number of rotatable bonds is 8. The van der Waals surface area contributed by atoms with Crippen LogP contribution in [0.4, 0.5) is 9.59 Å². The average molecular weight is 718 g/mol. The Morgan fingerprint density at radius 3 is 1.96 bits per heavy atom. The van der Waals surface area contributed by atoms with Gasteiger partial charge in [0.15, 0.2) is 0 Å². The second-order valence-corrected chi connectivity index (χ2v) is 14.1. The van der Waals surface area contributed by atoms with Gasteiger partial charge in [0.2, 0.25) is 5.91 Å². The van der Waals surface area contributed by atoms with Crippen molar-refractivity contribution >= 4 is 28.9 Å². The van der Waals surface area contributed by atoms with E-state index in [9.17, 15) is 19.5 Å². The standard InChI is InChI=1S/C40H43N7O6/c1-52-39(49)45-35(26-14-18-53-19-15-26)38(48)46-16-2-4-33(46)36-41-22-31(43-36)25-8-6-24(7-9-25)27-10-11-29-21-30(13-12-28(29)20-27)32-23-42-37(44-32)34-5-3-17-47(34)40(50)51/h6-13,20-23,26,33-35H,2-5,14-19H2,1H3,(H,41,43)(H,42,44)(H,45,49)(H,50,51). The first-order chi connectivity index (χ1) is 25.9. The molecule has 2 aromatic heterocycles. The van der Waals surface area contributed by atoms with Gasteiger partial charge in [-0.15, -0.1) is 0 Å². The van der Waals surface area contributed by atoms with Crippen LogP contribution >= 0.6 is 0 Å². The summed E-state index contributed by atoms with van der Waals surface area (Å²) in [6, 6.07) is 19.9. The Balaban J connectivity index is 0.955. The van der Waals surface area contributed by atoms with Gasteiger partial charge in [0.1, 0.15) is 17.7 Å². The number of nitrogens with zero attached hydrogens (tertiary/aromatic N) is 4. The summed E-state index contributed by atoms with van der Waals surface area (Å²) in [5, 5.41) is 14.6. The van der Waals surface area contributed by atoms with Crippen LogP contribution in [0.5, 0.6) is 0 Å². The molecule has 3 unspecified atom stereocenters. The Hall–Kier alpha value is -5.69. The van der Waals surface area contributed by atoms with Crippen LogP contribution in [0.15, 0.2) is 73.1 Å². The Labute approximate surface area is 306 Å². The van der Waals surface area contributed by atoms with Gasteiger partial charge in [-0.3, -0.25) is 9.69 Å². The second-order valence-electron chi connectivity index (χ2n) is 14.1. The predicted molar refractivity (Wildman–Crippen MR) is 198 cm³/mol. The molecule has 3 fully saturated rings. The largest absolute Gasteiger partial charge is 0.465 e. The maximum absolute atomic E-state index is 13.9. The number of carbonyl (C=O) groups is 3. The Morgan fingerprint density at radius 2 is 1.32 bits per heavy atom. The molecule has 0 saturated carbocycles. The number of aromatic amines is 2. The summed E-state index contributed by atoms with van der Waals surface area (Å²) in [5.74, 6) is 1.29. The predicted octanol–water partition coefficient (Wildman–Crippen LogP) is 6.92. The van der Waals surface area contributed by atoms with Gasteiger partial charge in [0.05, 0.1) is 43.0 Å². The lowest BCUT2D eigenvalue weighted by Gasteiger charge is -2.34. The fraction of sp³-hybridized carbons (Fsp3) is 0.375. The number of hydrogen-bond acceptors (Lipinski definition) is 7. The number of fused-ring (bicyclic) bond motifs is 1. The Kier molecular flexibility index (Phi) is 9.57. The monoisotopic (exact) mass is 717 g/mol. The lowest BCUT2D eigenvalue weighted by molar-refractivity contribution is -0.136. The fourth-order valence-electron chi connectivity index (χ4n) is 8.13. The van der Waals surface area contributed by atoms with E-state index >= 15 is 0 Å². The molecule has 5 aromatic rings. The van der Waals surface area contributed by atoms with Gasteiger partial charge in [-0.25, -0.2) is 19.6 Å². The third-order valence-electron chi connectivity index (χ3n) is 11.0. The molecule has 53 heavy (non-hydrogen) atoms. The van der Waals surface area contributed by atoms with Crippen molar-refractivity contribution in [2.75, 3.05) is 33.4 Å². The number of ether oxygens (including phenoxy) is 2. The maximum Gasteiger partial charge on any atom is 0.407 e. The van der Waals surface area contributed by atoms with Crippen LogP contribution in [0.25, 0.3) is 44.4 Å². The van der Waals surface area contributed by atoms with Crippen molar-refractivity contribution in [1.29, 1.82) is 0 Å². The number of hydrogen-bond donors (Lipinski definition) is 4. The van der Waals surface area contributed by atoms with E-state index in [0.717, 1.165) is 75.9 Å². The minimum Gasteiger partial charge on any atom is -0.465 e. The summed E-state index contributed by atoms with van der Waals surface area (Å²) in [6.07, 6.45) is 6.72. The number of amides is 3. The highest BCUT2D eigenvalue weighted by Crippen LogP contribution is 2.36. The lowest BCUT2D eigenvalue weighted by atomic mass is 9.90. The van der Waals surface area contributed by atoms with Crippen LogP contribution in [0.2, 0.25) is 0 Å². The van der Waals surface area contributed by atoms with Crippen molar-refractivity contribution in [3.8, 4) is 33.6 Å². The summed E-state index contributed by atoms with van der Waals surface area (Å²) in [6.45, 7) is 2.26. The SMILES string of the molecule is COC(=O)NC(C(=O)N1CCCC1c1ncc(-c2ccc(-c3ccc4cc(-c5cnc(C6CCCN6C(=O)O)[nH]5)ccc4c3)cc2)[nH]1)C1CCOCC1. The number of aromatic nitrogens is 4. The number of nitrogens with one attached hydrogen (secondary N) is 3. The first-order valence-electron chi connectivity index (χ1n) is 18.3. The number of H-pyrrole nitrogens is 2. The lowest BCUT2D eigenvalue weighted by Crippen LogP contribution is -2.53. The molecule has 3 atom stereocenters. The molecule has 3 aliphatic heterocycles. The number of carbonyl (C=O) groups excluding carboxylic acids is 2. The number of imidazole rings is 2. The molecule has 13 heteroatoms. The van der Waals surface area contributed by atoms with E-state index < -0.39 is 18.2 Å². The highest BCUT2D eigenvalue weighted by atomic mass is 16.5. The molecule has 274 valence electrons. The van der Waals surface area contributed by atoms with E-state index in [2.05, 4.69) is 80.9 Å². The summed E-state index contributed by atoms with van der Waals surface area (Å²) < 4.78 is 10.4. The molecule has 5 heterocycles. The first kappa shape index (κ1) is 34.4. The molecule has 0 bridgehead atoms. The van der Waals surface area contributed by atoms with E-state index in [-0.39, 0.29) is 23.9 Å². The maximum atomic E-state index is 13.9. The molecule has 0 radical (unpaired) electrons. The minimum absolute atomic E-state index is 0.0191. The van der Waals surface area contributed by atoms with E-state index in [0.29, 0.717) is 45.0 Å². The van der Waals surface area contributed by atoms with Crippen molar-refractivity contribution in [2.24, 2.45) is 5.92 Å². The summed E-state index contributed by atoms with van der Waals surface area (Å²) in [5.41, 5.74) is 5.90. The normalized spacial score (nSPS) is 19.8. The van der Waals surface area contributed by atoms with Crippen molar-refractivity contribution in [3.05, 3.63) is 84.7 Å². The molecule has 3 aromatic carbocycles. The minimum atomic E-state index is -0.912. The van der Waals surface area contributed by atoms with Gasteiger partial charge < -0.3 is 34.8 Å². The third-order valence-corrected chi connectivity index (χ3v) is 11.0. The number of carboxylic acid groups (broad SMARTS) is 1. The van der Waals surface area contributed by atoms with Crippen molar-refractivity contribution in [2.45, 2.75) is 56.7 Å². The van der Waals surface area contributed by atoms with Gasteiger partial charge in [0.25, 0.3) is 0 Å². The van der Waals surface area contributed by atoms with Gasteiger partial charge in [-0.1, -0.05) is 48.5 Å². The van der Waals surface area contributed by atoms with Crippen molar-refractivity contribution in [1.82, 2.24) is 35.1 Å². The topological polar surface area (TPSA) is 166 Å². The van der Waals surface area contributed by atoms with Gasteiger partial charge in [-0.2, -0.15) is 0 Å². The van der Waals surface area contributed by atoms with Crippen LogP contribution in [0.1, 0.15) is 62.3 Å². The number of methoxy groups -OCH3 is 1. The third kappa shape index (κ3) is 6.96. The van der Waals surface area contributed by atoms with Gasteiger partial charge in [-0.05, 0) is 84.0 Å². The zero-order valence-electron chi connectivity index (χ0n) is 29.6. The van der Waals surface area contributed by atoms with Crippen LogP contribution in [0, 0.1) is 5.92 Å². The quantitative estimate of drug-likeness (QED) is 0.134. The van der Waals surface area contributed by atoms with E-state index in [1.54, 1.807) is 6.20 Å². The van der Waals surface area contributed by atoms with Crippen LogP contribution in [-0.4, -0.2) is 92.4 Å². The zero-order chi connectivity index (χ0) is 36.5. The van der Waals surface area contributed by atoms with Crippen LogP contribution in [0.3, 0.4) is 0 Å². The van der Waals surface area contributed by atoms with Crippen molar-refractivity contribution in [3.63, 3.8) is 0 Å². The van der Waals surface area contributed by atoms with E-state index in [1.807, 2.05) is 11.1 Å².